The first-order valence-corrected chi connectivity index (χ1v) is 6.25. The number of hydrogen-bond donors (Lipinski definition) is 0. The van der Waals surface area contributed by atoms with Crippen LogP contribution in [0.15, 0.2) is 30.3 Å². The highest BCUT2D eigenvalue weighted by atomic mass is 16.2. The largest absolute Gasteiger partial charge is 0.344 e. The van der Waals surface area contributed by atoms with Crippen molar-refractivity contribution in [3.05, 3.63) is 35.9 Å². The zero-order valence-electron chi connectivity index (χ0n) is 11.3. The van der Waals surface area contributed by atoms with E-state index in [9.17, 15) is 10.1 Å². The van der Waals surface area contributed by atoms with E-state index in [1.54, 1.807) is 11.9 Å². The molecule has 96 valence electrons. The molecule has 0 radical (unpaired) electrons. The summed E-state index contributed by atoms with van der Waals surface area (Å²) in [6, 6.07) is 11.3. The van der Waals surface area contributed by atoms with Crippen LogP contribution in [0.2, 0.25) is 0 Å². The lowest BCUT2D eigenvalue weighted by Crippen LogP contribution is -2.32. The first-order chi connectivity index (χ1) is 8.56. The van der Waals surface area contributed by atoms with E-state index in [1.807, 2.05) is 30.3 Å². The Morgan fingerprint density at radius 3 is 2.44 bits per heavy atom. The number of benzene rings is 1. The number of amides is 1. The third-order valence-electron chi connectivity index (χ3n) is 2.93. The van der Waals surface area contributed by atoms with Gasteiger partial charge in [-0.15, -0.1) is 0 Å². The van der Waals surface area contributed by atoms with Crippen molar-refractivity contribution in [1.29, 1.82) is 5.26 Å². The molecule has 18 heavy (non-hydrogen) atoms. The van der Waals surface area contributed by atoms with Crippen LogP contribution in [0.25, 0.3) is 0 Å². The lowest BCUT2D eigenvalue weighted by atomic mass is 9.99. The van der Waals surface area contributed by atoms with E-state index in [0.29, 0.717) is 12.5 Å². The number of nitriles is 1. The third-order valence-corrected chi connectivity index (χ3v) is 2.93. The van der Waals surface area contributed by atoms with Gasteiger partial charge < -0.3 is 4.90 Å². The van der Waals surface area contributed by atoms with E-state index < -0.39 is 5.92 Å². The van der Waals surface area contributed by atoms with Crippen molar-refractivity contribution in [2.24, 2.45) is 5.92 Å². The molecule has 0 spiro atoms. The average Bonchev–Trinajstić information content (AvgIpc) is 2.38. The molecule has 0 aliphatic heterocycles. The summed E-state index contributed by atoms with van der Waals surface area (Å²) in [5, 5.41) is 9.18. The summed E-state index contributed by atoms with van der Waals surface area (Å²) in [5.41, 5.74) is 0.765. The molecule has 1 atom stereocenters. The Balaban J connectivity index is 2.72. The predicted octanol–water partition coefficient (Wildman–Crippen LogP) is 2.80. The van der Waals surface area contributed by atoms with Crippen molar-refractivity contribution in [1.82, 2.24) is 4.90 Å². The van der Waals surface area contributed by atoms with E-state index in [2.05, 4.69) is 19.9 Å². The fourth-order valence-corrected chi connectivity index (χ4v) is 1.70. The highest BCUT2D eigenvalue weighted by molar-refractivity contribution is 5.86. The molecule has 0 aliphatic carbocycles. The second kappa shape index (κ2) is 6.80. The molecule has 1 amide bonds. The Bertz CT molecular complexity index is 420. The first-order valence-electron chi connectivity index (χ1n) is 6.25. The lowest BCUT2D eigenvalue weighted by Gasteiger charge is -2.21. The summed E-state index contributed by atoms with van der Waals surface area (Å²) in [6.07, 6.45) is 0.954. The van der Waals surface area contributed by atoms with Gasteiger partial charge in [-0.1, -0.05) is 44.2 Å². The van der Waals surface area contributed by atoms with E-state index in [4.69, 9.17) is 0 Å². The van der Waals surface area contributed by atoms with Crippen LogP contribution in [0.1, 0.15) is 31.7 Å². The van der Waals surface area contributed by atoms with Gasteiger partial charge in [0.05, 0.1) is 6.07 Å². The summed E-state index contributed by atoms with van der Waals surface area (Å²) in [5.74, 6) is -0.259. The molecule has 0 N–H and O–H groups in total. The quantitative estimate of drug-likeness (QED) is 0.799. The standard InChI is InChI=1S/C15H20N2O/c1-12(2)9-10-17(3)15(18)14(11-16)13-7-5-4-6-8-13/h4-8,12,14H,9-10H2,1-3H3. The number of carbonyl (C=O) groups excluding carboxylic acids is 1. The average molecular weight is 244 g/mol. The third kappa shape index (κ3) is 3.89. The maximum atomic E-state index is 12.2. The van der Waals surface area contributed by atoms with Crippen molar-refractivity contribution >= 4 is 5.91 Å². The number of hydrogen-bond acceptors (Lipinski definition) is 2. The van der Waals surface area contributed by atoms with Crippen LogP contribution in [-0.4, -0.2) is 24.4 Å². The highest BCUT2D eigenvalue weighted by Gasteiger charge is 2.23. The van der Waals surface area contributed by atoms with Gasteiger partial charge in [0.15, 0.2) is 0 Å². The van der Waals surface area contributed by atoms with Gasteiger partial charge in [0.1, 0.15) is 5.92 Å². The molecule has 3 nitrogen and oxygen atoms in total. The Hall–Kier alpha value is -1.82. The van der Waals surface area contributed by atoms with Gasteiger partial charge >= 0.3 is 0 Å². The van der Waals surface area contributed by atoms with Gasteiger partial charge in [0.2, 0.25) is 5.91 Å². The molecule has 1 aromatic carbocycles. The van der Waals surface area contributed by atoms with Crippen molar-refractivity contribution in [3.8, 4) is 6.07 Å². The molecule has 0 aromatic heterocycles. The lowest BCUT2D eigenvalue weighted by molar-refractivity contribution is -0.130. The van der Waals surface area contributed by atoms with Gasteiger partial charge in [-0.25, -0.2) is 0 Å². The minimum atomic E-state index is -0.691. The zero-order valence-corrected chi connectivity index (χ0v) is 11.3. The SMILES string of the molecule is CC(C)CCN(C)C(=O)C(C#N)c1ccccc1. The topological polar surface area (TPSA) is 44.1 Å². The summed E-state index contributed by atoms with van der Waals surface area (Å²) < 4.78 is 0. The van der Waals surface area contributed by atoms with Gasteiger partial charge in [-0.05, 0) is 17.9 Å². The van der Waals surface area contributed by atoms with Gasteiger partial charge in [-0.3, -0.25) is 4.79 Å². The van der Waals surface area contributed by atoms with Crippen molar-refractivity contribution < 1.29 is 4.79 Å². The second-order valence-corrected chi connectivity index (χ2v) is 4.92. The molecular formula is C15H20N2O. The Labute approximate surface area is 109 Å². The molecular weight excluding hydrogens is 224 g/mol. The number of nitrogens with zero attached hydrogens (tertiary/aromatic N) is 2. The number of carbonyl (C=O) groups is 1. The van der Waals surface area contributed by atoms with Crippen LogP contribution >= 0.6 is 0 Å². The van der Waals surface area contributed by atoms with Crippen LogP contribution in [0.5, 0.6) is 0 Å². The zero-order chi connectivity index (χ0) is 13.5. The van der Waals surface area contributed by atoms with Crippen LogP contribution in [0.3, 0.4) is 0 Å². The van der Waals surface area contributed by atoms with Crippen LogP contribution in [0.4, 0.5) is 0 Å². The van der Waals surface area contributed by atoms with Gasteiger partial charge in [0, 0.05) is 13.6 Å². The molecule has 1 rings (SSSR count). The minimum absolute atomic E-state index is 0.121. The highest BCUT2D eigenvalue weighted by Crippen LogP contribution is 2.17. The van der Waals surface area contributed by atoms with Crippen molar-refractivity contribution in [2.75, 3.05) is 13.6 Å². The Morgan fingerprint density at radius 2 is 1.94 bits per heavy atom. The molecule has 1 aromatic rings. The maximum absolute atomic E-state index is 12.2. The molecule has 0 aliphatic rings. The van der Waals surface area contributed by atoms with Crippen molar-refractivity contribution in [2.45, 2.75) is 26.2 Å². The minimum Gasteiger partial charge on any atom is -0.344 e. The monoisotopic (exact) mass is 244 g/mol. The molecule has 0 heterocycles. The Morgan fingerprint density at radius 1 is 1.33 bits per heavy atom. The van der Waals surface area contributed by atoms with Crippen LogP contribution in [-0.2, 0) is 4.79 Å². The summed E-state index contributed by atoms with van der Waals surface area (Å²) >= 11 is 0. The summed E-state index contributed by atoms with van der Waals surface area (Å²) in [7, 11) is 1.76. The number of likely N-dealkylation sites (N-methyl/N-ethyl adjacent to an activating group) is 1. The van der Waals surface area contributed by atoms with Gasteiger partial charge in [0.25, 0.3) is 0 Å². The maximum Gasteiger partial charge on any atom is 0.244 e. The summed E-state index contributed by atoms with van der Waals surface area (Å²) in [6.45, 7) is 4.94. The number of rotatable bonds is 5. The molecule has 0 saturated carbocycles. The van der Waals surface area contributed by atoms with Crippen LogP contribution in [0, 0.1) is 17.2 Å². The van der Waals surface area contributed by atoms with E-state index in [0.717, 1.165) is 12.0 Å². The van der Waals surface area contributed by atoms with Crippen LogP contribution < -0.4 is 0 Å². The Kier molecular flexibility index (Phi) is 5.38. The van der Waals surface area contributed by atoms with E-state index in [1.165, 1.54) is 0 Å². The molecule has 1 unspecified atom stereocenters. The van der Waals surface area contributed by atoms with Gasteiger partial charge in [-0.2, -0.15) is 5.26 Å². The fourth-order valence-electron chi connectivity index (χ4n) is 1.70. The normalized spacial score (nSPS) is 11.9. The molecule has 0 bridgehead atoms. The predicted molar refractivity (Wildman–Crippen MR) is 71.9 cm³/mol. The first kappa shape index (κ1) is 14.2. The van der Waals surface area contributed by atoms with Crippen molar-refractivity contribution in [3.63, 3.8) is 0 Å². The fraction of sp³-hybridized carbons (Fsp3) is 0.467. The molecule has 0 fully saturated rings. The van der Waals surface area contributed by atoms with E-state index in [-0.39, 0.29) is 5.91 Å². The smallest absolute Gasteiger partial charge is 0.244 e. The second-order valence-electron chi connectivity index (χ2n) is 4.92. The molecule has 3 heteroatoms. The summed E-state index contributed by atoms with van der Waals surface area (Å²) in [4.78, 5) is 13.8. The molecule has 0 saturated heterocycles. The van der Waals surface area contributed by atoms with E-state index >= 15 is 0 Å².